The van der Waals surface area contributed by atoms with Crippen LogP contribution in [0.15, 0.2) is 35.4 Å². The molecule has 0 aromatic carbocycles. The number of rotatable bonds is 4. The van der Waals surface area contributed by atoms with Gasteiger partial charge in [-0.05, 0) is 24.5 Å². The van der Waals surface area contributed by atoms with Gasteiger partial charge in [0.1, 0.15) is 17.9 Å². The third-order valence-corrected chi connectivity index (χ3v) is 5.16. The van der Waals surface area contributed by atoms with Crippen molar-refractivity contribution in [2.24, 2.45) is 0 Å². The maximum Gasteiger partial charge on any atom is 0.273 e. The third-order valence-electron chi connectivity index (χ3n) is 4.58. The number of aromatic nitrogens is 2. The Kier molecular flexibility index (Phi) is 4.55. The first-order chi connectivity index (χ1) is 11.8. The number of likely N-dealkylation sites (tertiary alicyclic amines) is 1. The van der Waals surface area contributed by atoms with E-state index in [0.717, 1.165) is 25.0 Å². The summed E-state index contributed by atoms with van der Waals surface area (Å²) in [6.07, 6.45) is 5.29. The zero-order chi connectivity index (χ0) is 16.4. The summed E-state index contributed by atoms with van der Waals surface area (Å²) in [5.41, 5.74) is 3.22. The second-order valence-electron chi connectivity index (χ2n) is 6.09. The Bertz CT molecular complexity index is 680. The van der Waals surface area contributed by atoms with Crippen LogP contribution in [0, 0.1) is 0 Å². The molecule has 0 bridgehead atoms. The van der Waals surface area contributed by atoms with Crippen LogP contribution in [0.25, 0.3) is 0 Å². The molecule has 0 saturated carbocycles. The van der Waals surface area contributed by atoms with Crippen LogP contribution in [0.5, 0.6) is 0 Å². The molecule has 7 heteroatoms. The van der Waals surface area contributed by atoms with Crippen LogP contribution in [0.4, 0.5) is 0 Å². The maximum absolute atomic E-state index is 12.7. The van der Waals surface area contributed by atoms with Crippen molar-refractivity contribution in [2.45, 2.75) is 37.7 Å². The van der Waals surface area contributed by atoms with E-state index < -0.39 is 0 Å². The molecule has 0 unspecified atom stereocenters. The van der Waals surface area contributed by atoms with E-state index in [1.165, 1.54) is 11.3 Å². The molecule has 2 fully saturated rings. The van der Waals surface area contributed by atoms with Crippen LogP contribution >= 0.6 is 11.3 Å². The average molecular weight is 345 g/mol. The first kappa shape index (κ1) is 15.7. The van der Waals surface area contributed by atoms with Crippen molar-refractivity contribution in [3.05, 3.63) is 46.7 Å². The summed E-state index contributed by atoms with van der Waals surface area (Å²) in [4.78, 5) is 22.9. The topological polar surface area (TPSA) is 64.6 Å². The fourth-order valence-electron chi connectivity index (χ4n) is 3.44. The van der Waals surface area contributed by atoms with E-state index in [9.17, 15) is 4.79 Å². The molecule has 2 aliphatic heterocycles. The molecule has 0 spiro atoms. The maximum atomic E-state index is 12.7. The van der Waals surface area contributed by atoms with E-state index in [2.05, 4.69) is 9.97 Å². The predicted molar refractivity (Wildman–Crippen MR) is 88.7 cm³/mol. The van der Waals surface area contributed by atoms with Crippen LogP contribution in [-0.2, 0) is 16.1 Å². The number of fused-ring (bicyclic) bond motifs is 1. The molecular formula is C17H19N3O3S. The van der Waals surface area contributed by atoms with Gasteiger partial charge in [-0.1, -0.05) is 6.07 Å². The molecule has 1 amide bonds. The summed E-state index contributed by atoms with van der Waals surface area (Å²) in [6, 6.07) is 3.96. The molecule has 126 valence electrons. The van der Waals surface area contributed by atoms with Crippen molar-refractivity contribution in [2.75, 3.05) is 13.2 Å². The van der Waals surface area contributed by atoms with Crippen molar-refractivity contribution in [3.8, 4) is 0 Å². The Morgan fingerprint density at radius 1 is 1.50 bits per heavy atom. The van der Waals surface area contributed by atoms with Gasteiger partial charge in [-0.25, -0.2) is 4.98 Å². The van der Waals surface area contributed by atoms with Gasteiger partial charge < -0.3 is 14.4 Å². The quantitative estimate of drug-likeness (QED) is 0.849. The van der Waals surface area contributed by atoms with Crippen molar-refractivity contribution in [1.82, 2.24) is 14.9 Å². The van der Waals surface area contributed by atoms with Gasteiger partial charge in [-0.15, -0.1) is 11.3 Å². The fraction of sp³-hybridized carbons (Fsp3) is 0.471. The summed E-state index contributed by atoms with van der Waals surface area (Å²) >= 11 is 1.44. The van der Waals surface area contributed by atoms with Crippen LogP contribution in [0.3, 0.4) is 0 Å². The molecule has 2 aromatic rings. The first-order valence-electron chi connectivity index (χ1n) is 8.14. The molecule has 0 radical (unpaired) electrons. The molecular weight excluding hydrogens is 326 g/mol. The molecule has 2 saturated heterocycles. The van der Waals surface area contributed by atoms with E-state index in [1.54, 1.807) is 23.3 Å². The largest absolute Gasteiger partial charge is 0.373 e. The second-order valence-corrected chi connectivity index (χ2v) is 6.81. The molecule has 6 nitrogen and oxygen atoms in total. The Labute approximate surface area is 144 Å². The molecule has 2 aliphatic rings. The Morgan fingerprint density at radius 3 is 3.25 bits per heavy atom. The fourth-order valence-corrected chi connectivity index (χ4v) is 3.97. The first-order valence-corrected chi connectivity index (χ1v) is 9.08. The number of pyridine rings is 1. The minimum absolute atomic E-state index is 0.0239. The summed E-state index contributed by atoms with van der Waals surface area (Å²) in [7, 11) is 0. The highest BCUT2D eigenvalue weighted by Crippen LogP contribution is 2.32. The number of carbonyl (C=O) groups excluding carboxylic acids is 1. The lowest BCUT2D eigenvalue weighted by Crippen LogP contribution is -2.44. The highest BCUT2D eigenvalue weighted by Gasteiger charge is 2.47. The van der Waals surface area contributed by atoms with Gasteiger partial charge in [0.25, 0.3) is 5.91 Å². The minimum atomic E-state index is -0.113. The van der Waals surface area contributed by atoms with E-state index in [-0.39, 0.29) is 24.2 Å². The Hall–Kier alpha value is -1.83. The molecule has 3 atom stereocenters. The van der Waals surface area contributed by atoms with Gasteiger partial charge in [0.05, 0.1) is 24.7 Å². The molecule has 0 N–H and O–H groups in total. The molecule has 4 rings (SSSR count). The van der Waals surface area contributed by atoms with Gasteiger partial charge in [0.2, 0.25) is 0 Å². The van der Waals surface area contributed by atoms with Crippen molar-refractivity contribution >= 4 is 17.2 Å². The lowest BCUT2D eigenvalue weighted by atomic mass is 10.0. The summed E-state index contributed by atoms with van der Waals surface area (Å²) in [6.45, 7) is 1.75. The van der Waals surface area contributed by atoms with Gasteiger partial charge in [0, 0.05) is 24.4 Å². The second kappa shape index (κ2) is 6.96. The van der Waals surface area contributed by atoms with Gasteiger partial charge >= 0.3 is 0 Å². The van der Waals surface area contributed by atoms with Crippen LogP contribution in [0.2, 0.25) is 0 Å². The third kappa shape index (κ3) is 3.07. The lowest BCUT2D eigenvalue weighted by molar-refractivity contribution is -0.0810. The number of carbonyl (C=O) groups is 1. The zero-order valence-electron chi connectivity index (χ0n) is 13.2. The number of hydrogen-bond acceptors (Lipinski definition) is 6. The van der Waals surface area contributed by atoms with E-state index >= 15 is 0 Å². The highest BCUT2D eigenvalue weighted by molar-refractivity contribution is 7.07. The van der Waals surface area contributed by atoms with Crippen LogP contribution in [-0.4, -0.2) is 52.2 Å². The number of hydrogen-bond donors (Lipinski definition) is 0. The molecule has 0 aliphatic carbocycles. The van der Waals surface area contributed by atoms with Crippen LogP contribution in [0.1, 0.15) is 28.9 Å². The van der Waals surface area contributed by atoms with Crippen molar-refractivity contribution < 1.29 is 14.3 Å². The molecule has 4 heterocycles. The SMILES string of the molecule is O=C(c1cscn1)N1C[C@@H](OCc2cccnc2)[C@@H]2OCCC[C@@H]21. The zero-order valence-corrected chi connectivity index (χ0v) is 14.0. The standard InChI is InChI=1S/C17H19N3O3S/c21-17(13-10-24-11-19-13)20-8-15(16-14(20)4-2-6-22-16)23-9-12-3-1-5-18-7-12/h1,3,5,7,10-11,14-16H,2,4,6,8-9H2/t14-,15+,16+/m0/s1. The average Bonchev–Trinajstić information content (AvgIpc) is 3.29. The predicted octanol–water partition coefficient (Wildman–Crippen LogP) is 2.13. The van der Waals surface area contributed by atoms with E-state index in [0.29, 0.717) is 18.8 Å². The Morgan fingerprint density at radius 2 is 2.46 bits per heavy atom. The smallest absolute Gasteiger partial charge is 0.273 e. The monoisotopic (exact) mass is 345 g/mol. The van der Waals surface area contributed by atoms with Gasteiger partial charge in [-0.2, -0.15) is 0 Å². The van der Waals surface area contributed by atoms with Crippen molar-refractivity contribution in [1.29, 1.82) is 0 Å². The highest BCUT2D eigenvalue weighted by atomic mass is 32.1. The summed E-state index contributed by atoms with van der Waals surface area (Å²) in [5, 5.41) is 1.80. The summed E-state index contributed by atoms with van der Waals surface area (Å²) < 4.78 is 12.0. The van der Waals surface area contributed by atoms with E-state index in [1.807, 2.05) is 17.0 Å². The van der Waals surface area contributed by atoms with Crippen LogP contribution < -0.4 is 0 Å². The lowest BCUT2D eigenvalue weighted by Gasteiger charge is -2.31. The number of amides is 1. The normalized spacial score (nSPS) is 26.3. The number of thiazole rings is 1. The van der Waals surface area contributed by atoms with E-state index in [4.69, 9.17) is 9.47 Å². The minimum Gasteiger partial charge on any atom is -0.373 e. The van der Waals surface area contributed by atoms with Crippen molar-refractivity contribution in [3.63, 3.8) is 0 Å². The summed E-state index contributed by atoms with van der Waals surface area (Å²) in [5.74, 6) is -0.0239. The molecule has 2 aromatic heterocycles. The molecule has 24 heavy (non-hydrogen) atoms. The number of ether oxygens (including phenoxy) is 2. The Balaban J connectivity index is 1.48. The number of nitrogens with zero attached hydrogens (tertiary/aromatic N) is 3. The van der Waals surface area contributed by atoms with Gasteiger partial charge in [0.15, 0.2) is 0 Å². The van der Waals surface area contributed by atoms with Gasteiger partial charge in [-0.3, -0.25) is 9.78 Å².